The van der Waals surface area contributed by atoms with E-state index in [0.29, 0.717) is 39.1 Å². The van der Waals surface area contributed by atoms with Crippen molar-refractivity contribution in [2.75, 3.05) is 54.2 Å². The zero-order valence-corrected chi connectivity index (χ0v) is 32.9. The summed E-state index contributed by atoms with van der Waals surface area (Å²) < 4.78 is 17.4. The number of nitrogens with one attached hydrogen (secondary N) is 2. The van der Waals surface area contributed by atoms with Gasteiger partial charge in [0.05, 0.1) is 68.5 Å². The molecule has 1 aromatic rings. The lowest BCUT2D eigenvalue weighted by Crippen LogP contribution is -2.60. The molecule has 3 N–H and O–H groups in total. The Morgan fingerprint density at radius 3 is 2.29 bits per heavy atom. The first-order valence-corrected chi connectivity index (χ1v) is 19.0. The monoisotopic (exact) mass is 731 g/mol. The molecule has 2 saturated heterocycles. The summed E-state index contributed by atoms with van der Waals surface area (Å²) in [6.45, 7) is 13.3. The standard InChI is InChI=1S/C39H65N5O8/c1-10-26(4)35(42(7)38(48)34(25(2)3)41-39(49)43-19-20-52-24-27(43)5)32(50-8)22-33(46)44-18-14-17-31(44)36(51-9)28(6)37(47)40-30(23-45)21-29-15-12-11-13-16-29/h11-13,15-16,25-28,30-32,34-36,45H,10,14,17-24H2,1-9H3,(H,40,47)(H,41,49)/t26-,27-,28+,30-,31-,32-,34-,35-,36+/m0/s1. The Balaban J connectivity index is 1.74. The van der Waals surface area contributed by atoms with E-state index >= 15 is 0 Å². The van der Waals surface area contributed by atoms with E-state index in [9.17, 15) is 24.3 Å². The van der Waals surface area contributed by atoms with E-state index < -0.39 is 36.3 Å². The minimum absolute atomic E-state index is 0.0188. The minimum Gasteiger partial charge on any atom is -0.394 e. The molecule has 0 bridgehead atoms. The predicted molar refractivity (Wildman–Crippen MR) is 199 cm³/mol. The first kappa shape index (κ1) is 43.1. The van der Waals surface area contributed by atoms with Crippen LogP contribution in [0.4, 0.5) is 4.79 Å². The molecule has 0 unspecified atom stereocenters. The number of methoxy groups -OCH3 is 2. The van der Waals surface area contributed by atoms with Gasteiger partial charge in [0.1, 0.15) is 6.04 Å². The van der Waals surface area contributed by atoms with Crippen molar-refractivity contribution in [3.8, 4) is 0 Å². The number of hydrogen-bond acceptors (Lipinski definition) is 8. The lowest BCUT2D eigenvalue weighted by Gasteiger charge is -2.41. The number of carbonyl (C=O) groups excluding carboxylic acids is 4. The van der Waals surface area contributed by atoms with Crippen molar-refractivity contribution >= 4 is 23.8 Å². The lowest BCUT2D eigenvalue weighted by atomic mass is 9.89. The Hall–Kier alpha value is -3.26. The zero-order chi connectivity index (χ0) is 38.5. The van der Waals surface area contributed by atoms with Crippen molar-refractivity contribution in [1.29, 1.82) is 0 Å². The number of ether oxygens (including phenoxy) is 3. The third-order valence-electron chi connectivity index (χ3n) is 11.0. The smallest absolute Gasteiger partial charge is 0.318 e. The van der Waals surface area contributed by atoms with E-state index in [4.69, 9.17) is 14.2 Å². The molecule has 294 valence electrons. The number of likely N-dealkylation sites (N-methyl/N-ethyl adjacent to an activating group) is 1. The fourth-order valence-corrected chi connectivity index (χ4v) is 7.68. The number of benzene rings is 1. The van der Waals surface area contributed by atoms with E-state index in [-0.39, 0.29) is 60.7 Å². The van der Waals surface area contributed by atoms with Crippen LogP contribution in [0.1, 0.15) is 72.8 Å². The van der Waals surface area contributed by atoms with Gasteiger partial charge in [-0.05, 0) is 43.6 Å². The fourth-order valence-electron chi connectivity index (χ4n) is 7.68. The largest absolute Gasteiger partial charge is 0.394 e. The first-order chi connectivity index (χ1) is 24.8. The summed E-state index contributed by atoms with van der Waals surface area (Å²) in [5, 5.41) is 16.0. The Morgan fingerprint density at radius 1 is 1.02 bits per heavy atom. The van der Waals surface area contributed by atoms with Crippen LogP contribution in [0.2, 0.25) is 0 Å². The van der Waals surface area contributed by atoms with E-state index in [1.54, 1.807) is 42.9 Å². The Morgan fingerprint density at radius 2 is 1.71 bits per heavy atom. The summed E-state index contributed by atoms with van der Waals surface area (Å²) in [5.74, 6) is -1.41. The molecular weight excluding hydrogens is 666 g/mol. The Kier molecular flexibility index (Phi) is 17.3. The molecule has 1 aromatic carbocycles. The molecule has 0 aromatic heterocycles. The SMILES string of the molecule is CC[C@H](C)[C@@H]([C@H](CC(=O)N1CCC[C@H]1[C@H](OC)[C@@H](C)C(=O)N[C@H](CO)Cc1ccccc1)OC)N(C)C(=O)[C@@H](NC(=O)N1CCOC[C@@H]1C)C(C)C. The van der Waals surface area contributed by atoms with Gasteiger partial charge in [-0.2, -0.15) is 0 Å². The van der Waals surface area contributed by atoms with Crippen LogP contribution in [0.15, 0.2) is 30.3 Å². The normalized spacial score (nSPS) is 21.8. The summed E-state index contributed by atoms with van der Waals surface area (Å²) in [4.78, 5) is 60.3. The van der Waals surface area contributed by atoms with Gasteiger partial charge in [0.25, 0.3) is 0 Å². The van der Waals surface area contributed by atoms with Crippen LogP contribution in [0.25, 0.3) is 0 Å². The van der Waals surface area contributed by atoms with Crippen molar-refractivity contribution in [2.24, 2.45) is 17.8 Å². The number of morpholine rings is 1. The molecule has 52 heavy (non-hydrogen) atoms. The fraction of sp³-hybridized carbons (Fsp3) is 0.744. The summed E-state index contributed by atoms with van der Waals surface area (Å²) in [7, 11) is 4.85. The van der Waals surface area contributed by atoms with Crippen molar-refractivity contribution in [2.45, 2.75) is 116 Å². The minimum atomic E-state index is -0.775. The van der Waals surface area contributed by atoms with E-state index in [1.807, 2.05) is 65.0 Å². The quantitative estimate of drug-likeness (QED) is 0.209. The highest BCUT2D eigenvalue weighted by Gasteiger charge is 2.43. The van der Waals surface area contributed by atoms with Gasteiger partial charge in [0.15, 0.2) is 0 Å². The summed E-state index contributed by atoms with van der Waals surface area (Å²) in [6, 6.07) is 7.27. The maximum absolute atomic E-state index is 14.2. The average Bonchev–Trinajstić information content (AvgIpc) is 3.63. The van der Waals surface area contributed by atoms with Crippen molar-refractivity contribution < 1.29 is 38.5 Å². The third kappa shape index (κ3) is 11.1. The van der Waals surface area contributed by atoms with Gasteiger partial charge >= 0.3 is 6.03 Å². The van der Waals surface area contributed by atoms with Gasteiger partial charge in [-0.3, -0.25) is 14.4 Å². The molecule has 0 aliphatic carbocycles. The molecule has 5 amide bonds. The van der Waals surface area contributed by atoms with E-state index in [0.717, 1.165) is 18.4 Å². The Bertz CT molecular complexity index is 1280. The molecule has 9 atom stereocenters. The van der Waals surface area contributed by atoms with Crippen LogP contribution in [-0.2, 0) is 35.0 Å². The first-order valence-electron chi connectivity index (χ1n) is 19.0. The summed E-state index contributed by atoms with van der Waals surface area (Å²) in [6.07, 6.45) is 1.52. The predicted octanol–water partition coefficient (Wildman–Crippen LogP) is 3.08. The summed E-state index contributed by atoms with van der Waals surface area (Å²) >= 11 is 0. The highest BCUT2D eigenvalue weighted by Crippen LogP contribution is 2.30. The van der Waals surface area contributed by atoms with Crippen LogP contribution in [-0.4, -0.2) is 140 Å². The topological polar surface area (TPSA) is 150 Å². The molecule has 2 aliphatic rings. The highest BCUT2D eigenvalue weighted by atomic mass is 16.5. The molecule has 0 saturated carbocycles. The van der Waals surface area contributed by atoms with Gasteiger partial charge in [0, 0.05) is 34.4 Å². The van der Waals surface area contributed by atoms with Gasteiger partial charge < -0.3 is 44.7 Å². The molecule has 2 heterocycles. The van der Waals surface area contributed by atoms with Gasteiger partial charge in [-0.15, -0.1) is 0 Å². The maximum atomic E-state index is 14.2. The zero-order valence-electron chi connectivity index (χ0n) is 32.9. The van der Waals surface area contributed by atoms with Crippen molar-refractivity contribution in [3.63, 3.8) is 0 Å². The maximum Gasteiger partial charge on any atom is 0.318 e. The number of aliphatic hydroxyl groups excluding tert-OH is 1. The van der Waals surface area contributed by atoms with Crippen molar-refractivity contribution in [3.05, 3.63) is 35.9 Å². The second kappa shape index (κ2) is 20.8. The van der Waals surface area contributed by atoms with Crippen LogP contribution in [0, 0.1) is 17.8 Å². The molecular formula is C39H65N5O8. The molecule has 13 nitrogen and oxygen atoms in total. The van der Waals surface area contributed by atoms with E-state index in [1.165, 1.54) is 0 Å². The molecule has 3 rings (SSSR count). The number of rotatable bonds is 18. The molecule has 2 fully saturated rings. The van der Waals surface area contributed by atoms with Crippen LogP contribution < -0.4 is 10.6 Å². The molecule has 0 radical (unpaired) electrons. The van der Waals surface area contributed by atoms with Crippen molar-refractivity contribution in [1.82, 2.24) is 25.3 Å². The number of aliphatic hydroxyl groups is 1. The van der Waals surface area contributed by atoms with Gasteiger partial charge in [-0.25, -0.2) is 4.79 Å². The van der Waals surface area contributed by atoms with Crippen LogP contribution in [0.5, 0.6) is 0 Å². The molecule has 0 spiro atoms. The number of amides is 5. The molecule has 13 heteroatoms. The van der Waals surface area contributed by atoms with Crippen LogP contribution in [0.3, 0.4) is 0 Å². The van der Waals surface area contributed by atoms with E-state index in [2.05, 4.69) is 10.6 Å². The Labute approximate surface area is 311 Å². The second-order valence-corrected chi connectivity index (χ2v) is 15.0. The number of hydrogen-bond donors (Lipinski definition) is 3. The van der Waals surface area contributed by atoms with Gasteiger partial charge in [0.2, 0.25) is 17.7 Å². The average molecular weight is 732 g/mol. The second-order valence-electron chi connectivity index (χ2n) is 15.0. The molecule has 2 aliphatic heterocycles. The number of carbonyl (C=O) groups is 4. The number of likely N-dealkylation sites (tertiary alicyclic amines) is 1. The van der Waals surface area contributed by atoms with Crippen LogP contribution >= 0.6 is 0 Å². The number of urea groups is 1. The summed E-state index contributed by atoms with van der Waals surface area (Å²) in [5.41, 5.74) is 1.01. The lowest BCUT2D eigenvalue weighted by molar-refractivity contribution is -0.147. The number of nitrogens with zero attached hydrogens (tertiary/aromatic N) is 3. The third-order valence-corrected chi connectivity index (χ3v) is 11.0. The van der Waals surface area contributed by atoms with Gasteiger partial charge in [-0.1, -0.05) is 71.4 Å². The highest BCUT2D eigenvalue weighted by molar-refractivity contribution is 5.88.